The standard InChI is InChI=1S/C13H12FN3O3S/c14-12-6-10(2-1-5-18)3-4-13(12)21(19,20)17-8-11-7-15-9-16-11/h3-4,6-7,9,17-18H,5,8H2,(H,15,16). The van der Waals surface area contributed by atoms with Gasteiger partial charge in [-0.15, -0.1) is 0 Å². The van der Waals surface area contributed by atoms with Gasteiger partial charge in [0.2, 0.25) is 10.0 Å². The van der Waals surface area contributed by atoms with Gasteiger partial charge in [-0.3, -0.25) is 0 Å². The van der Waals surface area contributed by atoms with E-state index in [1.165, 1.54) is 18.6 Å². The van der Waals surface area contributed by atoms with E-state index in [0.717, 1.165) is 12.1 Å². The fourth-order valence-corrected chi connectivity index (χ4v) is 2.63. The highest BCUT2D eigenvalue weighted by atomic mass is 32.2. The Morgan fingerprint density at radius 3 is 2.86 bits per heavy atom. The zero-order valence-corrected chi connectivity index (χ0v) is 11.6. The van der Waals surface area contributed by atoms with E-state index in [2.05, 4.69) is 26.5 Å². The minimum absolute atomic E-state index is 0.0200. The molecule has 1 aromatic heterocycles. The largest absolute Gasteiger partial charge is 0.384 e. The van der Waals surface area contributed by atoms with Crippen LogP contribution >= 0.6 is 0 Å². The van der Waals surface area contributed by atoms with Gasteiger partial charge >= 0.3 is 0 Å². The molecule has 0 aliphatic heterocycles. The number of nitrogens with one attached hydrogen (secondary N) is 2. The first-order valence-corrected chi connectivity index (χ1v) is 7.37. The number of aliphatic hydroxyl groups excluding tert-OH is 1. The molecule has 8 heteroatoms. The second-order valence-corrected chi connectivity index (χ2v) is 5.74. The van der Waals surface area contributed by atoms with Crippen LogP contribution in [0, 0.1) is 17.7 Å². The summed E-state index contributed by atoms with van der Waals surface area (Å²) in [6, 6.07) is 3.51. The number of hydrogen-bond acceptors (Lipinski definition) is 4. The number of benzene rings is 1. The number of imidazole rings is 1. The van der Waals surface area contributed by atoms with E-state index in [4.69, 9.17) is 5.11 Å². The van der Waals surface area contributed by atoms with Crippen LogP contribution in [-0.4, -0.2) is 30.1 Å². The fourth-order valence-electron chi connectivity index (χ4n) is 1.57. The van der Waals surface area contributed by atoms with Crippen LogP contribution in [0.3, 0.4) is 0 Å². The summed E-state index contributed by atoms with van der Waals surface area (Å²) in [6.07, 6.45) is 2.88. The summed E-state index contributed by atoms with van der Waals surface area (Å²) in [6.45, 7) is -0.374. The van der Waals surface area contributed by atoms with Gasteiger partial charge in [0.05, 0.1) is 12.9 Å². The molecule has 0 saturated carbocycles. The van der Waals surface area contributed by atoms with Crippen LogP contribution in [0.1, 0.15) is 11.3 Å². The molecule has 1 heterocycles. The summed E-state index contributed by atoms with van der Waals surface area (Å²) in [5, 5.41) is 8.56. The summed E-state index contributed by atoms with van der Waals surface area (Å²) in [4.78, 5) is 6.03. The number of aromatic amines is 1. The number of nitrogens with zero attached hydrogens (tertiary/aromatic N) is 1. The third-order valence-corrected chi connectivity index (χ3v) is 3.98. The lowest BCUT2D eigenvalue weighted by molar-refractivity contribution is 0.350. The normalized spacial score (nSPS) is 11.0. The molecule has 0 fully saturated rings. The summed E-state index contributed by atoms with van der Waals surface area (Å²) < 4.78 is 40.2. The average molecular weight is 309 g/mol. The Bertz CT molecular complexity index is 777. The van der Waals surface area contributed by atoms with Crippen molar-refractivity contribution in [3.8, 4) is 11.8 Å². The van der Waals surface area contributed by atoms with Gasteiger partial charge in [0.15, 0.2) is 0 Å². The molecule has 0 amide bonds. The van der Waals surface area contributed by atoms with E-state index in [1.807, 2.05) is 0 Å². The molecule has 0 atom stereocenters. The van der Waals surface area contributed by atoms with E-state index in [9.17, 15) is 12.8 Å². The average Bonchev–Trinajstić information content (AvgIpc) is 2.96. The predicted octanol–water partition coefficient (Wildman–Crippen LogP) is 0.371. The van der Waals surface area contributed by atoms with Crippen molar-refractivity contribution in [1.29, 1.82) is 0 Å². The molecule has 2 rings (SSSR count). The molecule has 0 aliphatic rings. The van der Waals surface area contributed by atoms with Gasteiger partial charge in [0.1, 0.15) is 17.3 Å². The Kier molecular flexibility index (Phi) is 4.70. The van der Waals surface area contributed by atoms with Crippen molar-refractivity contribution < 1.29 is 17.9 Å². The Morgan fingerprint density at radius 2 is 2.24 bits per heavy atom. The number of rotatable bonds is 4. The highest BCUT2D eigenvalue weighted by Gasteiger charge is 2.19. The highest BCUT2D eigenvalue weighted by Crippen LogP contribution is 2.16. The zero-order valence-electron chi connectivity index (χ0n) is 10.8. The maximum Gasteiger partial charge on any atom is 0.243 e. The number of H-pyrrole nitrogens is 1. The van der Waals surface area contributed by atoms with Crippen LogP contribution in [0.15, 0.2) is 35.6 Å². The lowest BCUT2D eigenvalue weighted by Gasteiger charge is -2.07. The topological polar surface area (TPSA) is 95.1 Å². The molecule has 110 valence electrons. The van der Waals surface area contributed by atoms with Crippen LogP contribution < -0.4 is 4.72 Å². The molecule has 0 spiro atoms. The molecule has 3 N–H and O–H groups in total. The number of halogens is 1. The monoisotopic (exact) mass is 309 g/mol. The lowest BCUT2D eigenvalue weighted by Crippen LogP contribution is -2.24. The summed E-state index contributed by atoms with van der Waals surface area (Å²) in [5.74, 6) is 3.95. The van der Waals surface area contributed by atoms with Crippen molar-refractivity contribution in [2.45, 2.75) is 11.4 Å². The van der Waals surface area contributed by atoms with Crippen molar-refractivity contribution in [2.75, 3.05) is 6.61 Å². The van der Waals surface area contributed by atoms with E-state index in [-0.39, 0.29) is 18.7 Å². The van der Waals surface area contributed by atoms with E-state index in [1.54, 1.807) is 0 Å². The molecule has 0 bridgehead atoms. The predicted molar refractivity (Wildman–Crippen MR) is 73.0 cm³/mol. The molecule has 21 heavy (non-hydrogen) atoms. The van der Waals surface area contributed by atoms with Crippen LogP contribution in [0.25, 0.3) is 0 Å². The van der Waals surface area contributed by atoms with E-state index >= 15 is 0 Å². The van der Waals surface area contributed by atoms with E-state index < -0.39 is 20.7 Å². The van der Waals surface area contributed by atoms with Gasteiger partial charge in [-0.05, 0) is 18.2 Å². The smallest absolute Gasteiger partial charge is 0.243 e. The first kappa shape index (κ1) is 15.2. The molecule has 0 radical (unpaired) electrons. The number of aliphatic hydroxyl groups is 1. The Hall–Kier alpha value is -2.21. The molecule has 1 aromatic carbocycles. The van der Waals surface area contributed by atoms with E-state index in [0.29, 0.717) is 5.69 Å². The van der Waals surface area contributed by atoms with Crippen molar-refractivity contribution >= 4 is 10.0 Å². The number of hydrogen-bond donors (Lipinski definition) is 3. The molecule has 0 saturated heterocycles. The van der Waals surface area contributed by atoms with Gasteiger partial charge in [-0.2, -0.15) is 0 Å². The molecule has 0 aliphatic carbocycles. The quantitative estimate of drug-likeness (QED) is 0.711. The van der Waals surface area contributed by atoms with Crippen LogP contribution in [0.2, 0.25) is 0 Å². The minimum atomic E-state index is -3.97. The first-order chi connectivity index (χ1) is 10.0. The molecule has 6 nitrogen and oxygen atoms in total. The Labute approximate surface area is 121 Å². The third kappa shape index (κ3) is 3.88. The van der Waals surface area contributed by atoms with Gasteiger partial charge in [0, 0.05) is 17.5 Å². The van der Waals surface area contributed by atoms with Gasteiger partial charge in [0.25, 0.3) is 0 Å². The van der Waals surface area contributed by atoms with Crippen LogP contribution in [0.4, 0.5) is 4.39 Å². The summed E-state index contributed by atoms with van der Waals surface area (Å²) in [7, 11) is -3.97. The Morgan fingerprint density at radius 1 is 1.43 bits per heavy atom. The number of sulfonamides is 1. The molecular formula is C13H12FN3O3S. The fraction of sp³-hybridized carbons (Fsp3) is 0.154. The van der Waals surface area contributed by atoms with Gasteiger partial charge < -0.3 is 10.1 Å². The minimum Gasteiger partial charge on any atom is -0.384 e. The van der Waals surface area contributed by atoms with Crippen molar-refractivity contribution in [2.24, 2.45) is 0 Å². The van der Waals surface area contributed by atoms with Gasteiger partial charge in [-0.25, -0.2) is 22.5 Å². The molecular weight excluding hydrogens is 297 g/mol. The first-order valence-electron chi connectivity index (χ1n) is 5.89. The summed E-state index contributed by atoms with van der Waals surface area (Å²) in [5.41, 5.74) is 0.846. The maximum absolute atomic E-state index is 13.9. The summed E-state index contributed by atoms with van der Waals surface area (Å²) >= 11 is 0. The SMILES string of the molecule is O=S(=O)(NCc1cnc[nH]1)c1ccc(C#CCO)cc1F. The second-order valence-electron chi connectivity index (χ2n) is 4.01. The lowest BCUT2D eigenvalue weighted by atomic mass is 10.2. The second kappa shape index (κ2) is 6.49. The van der Waals surface area contributed by atoms with Gasteiger partial charge in [-0.1, -0.05) is 11.8 Å². The van der Waals surface area contributed by atoms with Crippen LogP contribution in [0.5, 0.6) is 0 Å². The zero-order chi connectivity index (χ0) is 15.3. The maximum atomic E-state index is 13.9. The van der Waals surface area contributed by atoms with Crippen molar-refractivity contribution in [3.05, 3.63) is 47.8 Å². The number of aromatic nitrogens is 2. The molecule has 2 aromatic rings. The molecule has 0 unspecified atom stereocenters. The van der Waals surface area contributed by atoms with Crippen molar-refractivity contribution in [1.82, 2.24) is 14.7 Å². The van der Waals surface area contributed by atoms with Crippen LogP contribution in [-0.2, 0) is 16.6 Å². The van der Waals surface area contributed by atoms with Crippen molar-refractivity contribution in [3.63, 3.8) is 0 Å². The highest BCUT2D eigenvalue weighted by molar-refractivity contribution is 7.89. The Balaban J connectivity index is 2.19. The third-order valence-electron chi connectivity index (χ3n) is 2.54.